The van der Waals surface area contributed by atoms with E-state index >= 15 is 0 Å². The molecule has 1 aliphatic carbocycles. The van der Waals surface area contributed by atoms with Gasteiger partial charge in [-0.05, 0) is 37.5 Å². The zero-order valence-corrected chi connectivity index (χ0v) is 15.4. The number of benzene rings is 1. The Kier molecular flexibility index (Phi) is 6.09. The maximum absolute atomic E-state index is 12.0. The number of nitrogens with one attached hydrogen (secondary N) is 2. The minimum Gasteiger partial charge on any atom is -0.353 e. The van der Waals surface area contributed by atoms with E-state index in [1.54, 1.807) is 0 Å². The molecule has 24 heavy (non-hydrogen) atoms. The third kappa shape index (κ3) is 5.21. The van der Waals surface area contributed by atoms with Crippen LogP contribution in [0.4, 0.5) is 10.8 Å². The number of amides is 1. The molecule has 1 aromatic heterocycles. The molecular formula is C17H22N4OS2. The Morgan fingerprint density at radius 2 is 2.12 bits per heavy atom. The Hall–Kier alpha value is -1.60. The number of nitrogens with zero attached hydrogens (tertiary/aromatic N) is 2. The van der Waals surface area contributed by atoms with Gasteiger partial charge in [-0.3, -0.25) is 4.79 Å². The third-order valence-corrected chi connectivity index (χ3v) is 5.94. The second kappa shape index (κ2) is 8.48. The van der Waals surface area contributed by atoms with Crippen LogP contribution in [0.25, 0.3) is 0 Å². The van der Waals surface area contributed by atoms with E-state index in [1.165, 1.54) is 47.9 Å². The number of aromatic nitrogens is 2. The number of anilines is 2. The summed E-state index contributed by atoms with van der Waals surface area (Å²) >= 11 is 2.92. The lowest BCUT2D eigenvalue weighted by Gasteiger charge is -2.22. The molecule has 3 rings (SSSR count). The van der Waals surface area contributed by atoms with Gasteiger partial charge in [0.05, 0.1) is 5.75 Å². The molecule has 1 amide bonds. The summed E-state index contributed by atoms with van der Waals surface area (Å²) < 4.78 is 0.809. The Morgan fingerprint density at radius 3 is 2.92 bits per heavy atom. The highest BCUT2D eigenvalue weighted by Crippen LogP contribution is 2.28. The fraction of sp³-hybridized carbons (Fsp3) is 0.471. The molecule has 1 heterocycles. The van der Waals surface area contributed by atoms with Crippen molar-refractivity contribution in [3.05, 3.63) is 29.8 Å². The first kappa shape index (κ1) is 17.2. The molecule has 2 aromatic rings. The second-order valence-electron chi connectivity index (χ2n) is 6.06. The van der Waals surface area contributed by atoms with E-state index in [1.807, 2.05) is 12.1 Å². The summed E-state index contributed by atoms with van der Waals surface area (Å²) in [6, 6.07) is 8.48. The van der Waals surface area contributed by atoms with Crippen LogP contribution < -0.4 is 10.6 Å². The number of hydrogen-bond donors (Lipinski definition) is 2. The van der Waals surface area contributed by atoms with Gasteiger partial charge in [0, 0.05) is 11.7 Å². The van der Waals surface area contributed by atoms with E-state index in [4.69, 9.17) is 0 Å². The lowest BCUT2D eigenvalue weighted by Crippen LogP contribution is -2.37. The summed E-state index contributed by atoms with van der Waals surface area (Å²) in [5.74, 6) is 0.491. The molecule has 0 bridgehead atoms. The van der Waals surface area contributed by atoms with E-state index in [2.05, 4.69) is 39.9 Å². The van der Waals surface area contributed by atoms with Crippen molar-refractivity contribution in [1.82, 2.24) is 15.5 Å². The zero-order valence-electron chi connectivity index (χ0n) is 13.7. The van der Waals surface area contributed by atoms with Crippen molar-refractivity contribution in [1.29, 1.82) is 0 Å². The van der Waals surface area contributed by atoms with Crippen LogP contribution in [0, 0.1) is 6.92 Å². The van der Waals surface area contributed by atoms with Gasteiger partial charge < -0.3 is 10.6 Å². The predicted octanol–water partition coefficient (Wildman–Crippen LogP) is 4.13. The smallest absolute Gasteiger partial charge is 0.230 e. The normalized spacial score (nSPS) is 15.2. The minimum atomic E-state index is 0.0929. The predicted molar refractivity (Wildman–Crippen MR) is 100 cm³/mol. The van der Waals surface area contributed by atoms with Gasteiger partial charge in [0.2, 0.25) is 11.0 Å². The molecule has 0 atom stereocenters. The first-order valence-corrected chi connectivity index (χ1v) is 10.1. The molecule has 0 aliphatic heterocycles. The summed E-state index contributed by atoms with van der Waals surface area (Å²) in [4.78, 5) is 12.0. The molecule has 0 unspecified atom stereocenters. The second-order valence-corrected chi connectivity index (χ2v) is 8.26. The lowest BCUT2D eigenvalue weighted by molar-refractivity contribution is -0.119. The number of aryl methyl sites for hydroxylation is 1. The van der Waals surface area contributed by atoms with E-state index in [-0.39, 0.29) is 5.91 Å². The molecule has 1 aliphatic rings. The van der Waals surface area contributed by atoms with E-state index in [9.17, 15) is 4.79 Å². The van der Waals surface area contributed by atoms with E-state index < -0.39 is 0 Å². The zero-order chi connectivity index (χ0) is 16.8. The third-order valence-electron chi connectivity index (χ3n) is 3.97. The fourth-order valence-electron chi connectivity index (χ4n) is 2.81. The SMILES string of the molecule is Cc1cccc(Nc2nnc(SCC(=O)NC3CCCCC3)s2)c1. The number of carbonyl (C=O) groups is 1. The van der Waals surface area contributed by atoms with Crippen LogP contribution in [0.1, 0.15) is 37.7 Å². The van der Waals surface area contributed by atoms with Crippen molar-refractivity contribution >= 4 is 39.8 Å². The van der Waals surface area contributed by atoms with Gasteiger partial charge in [0.15, 0.2) is 4.34 Å². The van der Waals surface area contributed by atoms with Crippen LogP contribution in [0.3, 0.4) is 0 Å². The van der Waals surface area contributed by atoms with Crippen molar-refractivity contribution in [3.63, 3.8) is 0 Å². The van der Waals surface area contributed by atoms with Crippen LogP contribution in [-0.2, 0) is 4.79 Å². The van der Waals surface area contributed by atoms with Gasteiger partial charge in [0.1, 0.15) is 0 Å². The molecular weight excluding hydrogens is 340 g/mol. The minimum absolute atomic E-state index is 0.0929. The van der Waals surface area contributed by atoms with Crippen molar-refractivity contribution in [2.45, 2.75) is 49.4 Å². The summed E-state index contributed by atoms with van der Waals surface area (Å²) in [5, 5.41) is 15.4. The first-order valence-electron chi connectivity index (χ1n) is 8.28. The fourth-order valence-corrected chi connectivity index (χ4v) is 4.39. The maximum atomic E-state index is 12.0. The average Bonchev–Trinajstić information content (AvgIpc) is 3.01. The highest BCUT2D eigenvalue weighted by atomic mass is 32.2. The quantitative estimate of drug-likeness (QED) is 0.756. The molecule has 128 valence electrons. The van der Waals surface area contributed by atoms with Crippen molar-refractivity contribution in [3.8, 4) is 0 Å². The standard InChI is InChI=1S/C17H22N4OS2/c1-12-6-5-9-14(10-12)19-16-20-21-17(24-16)23-11-15(22)18-13-7-3-2-4-8-13/h5-6,9-10,13H,2-4,7-8,11H2,1H3,(H,18,22)(H,19,20). The van der Waals surface area contributed by atoms with Crippen molar-refractivity contribution in [2.24, 2.45) is 0 Å². The molecule has 7 heteroatoms. The number of thioether (sulfide) groups is 1. The molecule has 2 N–H and O–H groups in total. The highest BCUT2D eigenvalue weighted by Gasteiger charge is 2.16. The summed E-state index contributed by atoms with van der Waals surface area (Å²) in [6.07, 6.45) is 5.97. The van der Waals surface area contributed by atoms with Gasteiger partial charge in [-0.25, -0.2) is 0 Å². The van der Waals surface area contributed by atoms with Gasteiger partial charge in [0.25, 0.3) is 0 Å². The Labute approximate surface area is 150 Å². The summed E-state index contributed by atoms with van der Waals surface area (Å²) in [6.45, 7) is 2.05. The molecule has 0 spiro atoms. The van der Waals surface area contributed by atoms with Gasteiger partial charge >= 0.3 is 0 Å². The number of carbonyl (C=O) groups excluding carboxylic acids is 1. The van der Waals surface area contributed by atoms with Crippen LogP contribution >= 0.6 is 23.1 Å². The monoisotopic (exact) mass is 362 g/mol. The number of hydrogen-bond acceptors (Lipinski definition) is 6. The van der Waals surface area contributed by atoms with Crippen molar-refractivity contribution < 1.29 is 4.79 Å². The largest absolute Gasteiger partial charge is 0.353 e. The van der Waals surface area contributed by atoms with Crippen LogP contribution in [0.15, 0.2) is 28.6 Å². The van der Waals surface area contributed by atoms with E-state index in [0.717, 1.165) is 28.0 Å². The molecule has 0 saturated heterocycles. The van der Waals surface area contributed by atoms with Crippen LogP contribution in [0.5, 0.6) is 0 Å². The van der Waals surface area contributed by atoms with Crippen molar-refractivity contribution in [2.75, 3.05) is 11.1 Å². The lowest BCUT2D eigenvalue weighted by atomic mass is 9.95. The number of rotatable bonds is 6. The summed E-state index contributed by atoms with van der Waals surface area (Å²) in [5.41, 5.74) is 2.19. The van der Waals surface area contributed by atoms with E-state index in [0.29, 0.717) is 11.8 Å². The van der Waals surface area contributed by atoms with Gasteiger partial charge in [-0.15, -0.1) is 10.2 Å². The van der Waals surface area contributed by atoms with Gasteiger partial charge in [-0.1, -0.05) is 54.5 Å². The Balaban J connectivity index is 1.46. The Bertz CT molecular complexity index is 683. The first-order chi connectivity index (χ1) is 11.7. The topological polar surface area (TPSA) is 66.9 Å². The molecule has 1 saturated carbocycles. The molecule has 1 fully saturated rings. The van der Waals surface area contributed by atoms with Crippen LogP contribution in [-0.4, -0.2) is 27.9 Å². The molecule has 0 radical (unpaired) electrons. The molecule has 1 aromatic carbocycles. The maximum Gasteiger partial charge on any atom is 0.230 e. The molecule has 5 nitrogen and oxygen atoms in total. The van der Waals surface area contributed by atoms with Crippen LogP contribution in [0.2, 0.25) is 0 Å². The Morgan fingerprint density at radius 1 is 1.29 bits per heavy atom. The average molecular weight is 363 g/mol. The highest BCUT2D eigenvalue weighted by molar-refractivity contribution is 8.01. The van der Waals surface area contributed by atoms with Gasteiger partial charge in [-0.2, -0.15) is 0 Å². The summed E-state index contributed by atoms with van der Waals surface area (Å²) in [7, 11) is 0.